The molecule has 0 aromatic rings. The Balaban J connectivity index is 2.74. The Kier molecular flexibility index (Phi) is 3.47. The lowest BCUT2D eigenvalue weighted by molar-refractivity contribution is -0.156. The average molecular weight is 223 g/mol. The topological polar surface area (TPSA) is 42.2 Å². The van der Waals surface area contributed by atoms with E-state index >= 15 is 0 Å². The summed E-state index contributed by atoms with van der Waals surface area (Å²) < 4.78 is 10.6. The van der Waals surface area contributed by atoms with Gasteiger partial charge in [-0.05, 0) is 27.2 Å². The van der Waals surface area contributed by atoms with Crippen LogP contribution in [-0.4, -0.2) is 19.5 Å². The molecule has 0 saturated carbocycles. The summed E-state index contributed by atoms with van der Waals surface area (Å²) in [4.78, 5) is 0. The van der Waals surface area contributed by atoms with Crippen molar-refractivity contribution in [3.63, 3.8) is 0 Å². The van der Waals surface area contributed by atoms with Crippen LogP contribution in [0.25, 0.3) is 0 Å². The maximum Gasteiger partial charge on any atom is 0.147 e. The SMILES string of the molecule is COCO[C@@]1(C)C=CC1(C)CC(C)(C)C#N. The molecule has 0 radical (unpaired) electrons. The van der Waals surface area contributed by atoms with Crippen molar-refractivity contribution >= 4 is 0 Å². The summed E-state index contributed by atoms with van der Waals surface area (Å²) in [6.45, 7) is 8.37. The second-order valence-electron chi connectivity index (χ2n) is 5.58. The zero-order valence-electron chi connectivity index (χ0n) is 10.8. The van der Waals surface area contributed by atoms with Gasteiger partial charge in [0.15, 0.2) is 0 Å². The van der Waals surface area contributed by atoms with E-state index in [1.54, 1.807) is 7.11 Å². The zero-order chi connectivity index (χ0) is 12.4. The second kappa shape index (κ2) is 4.20. The molecule has 16 heavy (non-hydrogen) atoms. The first-order chi connectivity index (χ1) is 7.29. The van der Waals surface area contributed by atoms with E-state index in [0.717, 1.165) is 6.42 Å². The van der Waals surface area contributed by atoms with Gasteiger partial charge in [-0.25, -0.2) is 0 Å². The number of ether oxygens (including phenoxy) is 2. The zero-order valence-corrected chi connectivity index (χ0v) is 10.8. The maximum atomic E-state index is 9.08. The Bertz CT molecular complexity index is 329. The van der Waals surface area contributed by atoms with Gasteiger partial charge in [0.2, 0.25) is 0 Å². The minimum Gasteiger partial charge on any atom is -0.359 e. The van der Waals surface area contributed by atoms with Crippen molar-refractivity contribution in [3.8, 4) is 6.07 Å². The first-order valence-electron chi connectivity index (χ1n) is 5.53. The van der Waals surface area contributed by atoms with Gasteiger partial charge in [-0.15, -0.1) is 0 Å². The summed E-state index contributed by atoms with van der Waals surface area (Å²) in [5, 5.41) is 9.08. The van der Waals surface area contributed by atoms with Crippen molar-refractivity contribution in [2.24, 2.45) is 10.8 Å². The summed E-state index contributed by atoms with van der Waals surface area (Å²) in [5.41, 5.74) is -0.751. The van der Waals surface area contributed by atoms with Gasteiger partial charge < -0.3 is 9.47 Å². The number of hydrogen-bond acceptors (Lipinski definition) is 3. The molecule has 0 aromatic carbocycles. The molecule has 0 aromatic heterocycles. The van der Waals surface area contributed by atoms with Crippen molar-refractivity contribution in [3.05, 3.63) is 12.2 Å². The standard InChI is InChI=1S/C13H21NO2/c1-11(2,9-14)8-12(3)6-7-13(12,4)16-10-15-5/h6-7H,8,10H2,1-5H3/t12?,13-/m0/s1. The Morgan fingerprint density at radius 3 is 2.31 bits per heavy atom. The maximum absolute atomic E-state index is 9.08. The predicted octanol–water partition coefficient (Wildman–Crippen LogP) is 2.88. The first kappa shape index (κ1) is 13.2. The molecular formula is C13H21NO2. The third-order valence-corrected chi connectivity index (χ3v) is 3.49. The van der Waals surface area contributed by atoms with E-state index in [4.69, 9.17) is 14.7 Å². The average Bonchev–Trinajstić information content (AvgIpc) is 2.23. The summed E-state index contributed by atoms with van der Waals surface area (Å²) in [5.74, 6) is 0. The number of nitrogens with zero attached hydrogens (tertiary/aromatic N) is 1. The largest absolute Gasteiger partial charge is 0.359 e. The lowest BCUT2D eigenvalue weighted by Crippen LogP contribution is -2.52. The Hall–Kier alpha value is -0.850. The predicted molar refractivity (Wildman–Crippen MR) is 62.6 cm³/mol. The number of hydrogen-bond donors (Lipinski definition) is 0. The van der Waals surface area contributed by atoms with Crippen LogP contribution >= 0.6 is 0 Å². The molecule has 0 aliphatic heterocycles. The molecule has 3 heteroatoms. The Labute approximate surface area is 98.0 Å². The highest BCUT2D eigenvalue weighted by Gasteiger charge is 2.51. The molecule has 2 atom stereocenters. The van der Waals surface area contributed by atoms with E-state index in [1.165, 1.54) is 0 Å². The van der Waals surface area contributed by atoms with Crippen LogP contribution in [0.3, 0.4) is 0 Å². The molecule has 0 fully saturated rings. The normalized spacial score (nSPS) is 33.2. The smallest absolute Gasteiger partial charge is 0.147 e. The summed E-state index contributed by atoms with van der Waals surface area (Å²) in [6, 6.07) is 2.34. The van der Waals surface area contributed by atoms with Gasteiger partial charge in [-0.3, -0.25) is 0 Å². The van der Waals surface area contributed by atoms with Crippen molar-refractivity contribution in [1.82, 2.24) is 0 Å². The van der Waals surface area contributed by atoms with Crippen molar-refractivity contribution in [1.29, 1.82) is 5.26 Å². The third kappa shape index (κ3) is 2.28. The molecule has 0 saturated heterocycles. The minimum atomic E-state index is -0.336. The van der Waals surface area contributed by atoms with Gasteiger partial charge in [0, 0.05) is 12.5 Å². The fourth-order valence-electron chi connectivity index (χ4n) is 2.19. The Morgan fingerprint density at radius 2 is 1.94 bits per heavy atom. The monoisotopic (exact) mass is 223 g/mol. The van der Waals surface area contributed by atoms with Gasteiger partial charge in [-0.2, -0.15) is 5.26 Å². The molecule has 3 nitrogen and oxygen atoms in total. The van der Waals surface area contributed by atoms with E-state index in [0.29, 0.717) is 0 Å². The summed E-state index contributed by atoms with van der Waals surface area (Å²) >= 11 is 0. The van der Waals surface area contributed by atoms with Crippen LogP contribution in [0.5, 0.6) is 0 Å². The van der Waals surface area contributed by atoms with Crippen LogP contribution in [0.15, 0.2) is 12.2 Å². The summed E-state index contributed by atoms with van der Waals surface area (Å²) in [6.07, 6.45) is 4.95. The molecule has 0 amide bonds. The molecule has 0 heterocycles. The lowest BCUT2D eigenvalue weighted by atomic mass is 9.59. The quantitative estimate of drug-likeness (QED) is 0.531. The molecule has 1 aliphatic carbocycles. The summed E-state index contributed by atoms with van der Waals surface area (Å²) in [7, 11) is 1.61. The fraction of sp³-hybridized carbons (Fsp3) is 0.769. The molecule has 1 aliphatic rings. The van der Waals surface area contributed by atoms with Gasteiger partial charge >= 0.3 is 0 Å². The highest BCUT2D eigenvalue weighted by Crippen LogP contribution is 2.51. The molecule has 0 N–H and O–H groups in total. The first-order valence-corrected chi connectivity index (χ1v) is 5.53. The van der Waals surface area contributed by atoms with E-state index in [9.17, 15) is 0 Å². The highest BCUT2D eigenvalue weighted by molar-refractivity contribution is 5.28. The van der Waals surface area contributed by atoms with Crippen molar-refractivity contribution in [2.75, 3.05) is 13.9 Å². The third-order valence-electron chi connectivity index (χ3n) is 3.49. The molecule has 1 unspecified atom stereocenters. The van der Waals surface area contributed by atoms with E-state index < -0.39 is 0 Å². The van der Waals surface area contributed by atoms with Crippen molar-refractivity contribution in [2.45, 2.75) is 39.7 Å². The molecular weight excluding hydrogens is 202 g/mol. The van der Waals surface area contributed by atoms with E-state index in [1.807, 2.05) is 26.8 Å². The second-order valence-corrected chi connectivity index (χ2v) is 5.58. The van der Waals surface area contributed by atoms with Gasteiger partial charge in [0.1, 0.15) is 6.79 Å². The lowest BCUT2D eigenvalue weighted by Gasteiger charge is -2.51. The van der Waals surface area contributed by atoms with Gasteiger partial charge in [0.05, 0.1) is 17.1 Å². The highest BCUT2D eigenvalue weighted by atomic mass is 16.7. The van der Waals surface area contributed by atoms with Crippen molar-refractivity contribution < 1.29 is 9.47 Å². The minimum absolute atomic E-state index is 0.0925. The fourth-order valence-corrected chi connectivity index (χ4v) is 2.19. The molecule has 1 rings (SSSR count). The van der Waals surface area contributed by atoms with Crippen LogP contribution < -0.4 is 0 Å². The number of methoxy groups -OCH3 is 1. The van der Waals surface area contributed by atoms with Crippen LogP contribution in [0.2, 0.25) is 0 Å². The molecule has 0 spiro atoms. The van der Waals surface area contributed by atoms with Gasteiger partial charge in [-0.1, -0.05) is 19.1 Å². The molecule has 90 valence electrons. The van der Waals surface area contributed by atoms with Crippen LogP contribution in [-0.2, 0) is 9.47 Å². The number of nitriles is 1. The van der Waals surface area contributed by atoms with E-state index in [-0.39, 0.29) is 23.2 Å². The van der Waals surface area contributed by atoms with Crippen LogP contribution in [0, 0.1) is 22.2 Å². The van der Waals surface area contributed by atoms with E-state index in [2.05, 4.69) is 19.1 Å². The Morgan fingerprint density at radius 1 is 1.31 bits per heavy atom. The molecule has 0 bridgehead atoms. The number of rotatable bonds is 5. The van der Waals surface area contributed by atoms with Crippen LogP contribution in [0.1, 0.15) is 34.1 Å². The van der Waals surface area contributed by atoms with Crippen LogP contribution in [0.4, 0.5) is 0 Å². The van der Waals surface area contributed by atoms with Gasteiger partial charge in [0.25, 0.3) is 0 Å².